The number of rotatable bonds is 7. The van der Waals surface area contributed by atoms with Crippen LogP contribution in [0.5, 0.6) is 34.5 Å². The smallest absolute Gasteiger partial charge is 0.252 e. The number of aliphatic hydroxyl groups excluding tert-OH is 1. The van der Waals surface area contributed by atoms with E-state index in [0.717, 1.165) is 19.4 Å². The van der Waals surface area contributed by atoms with Crippen LogP contribution in [0.15, 0.2) is 35.3 Å². The van der Waals surface area contributed by atoms with Crippen molar-refractivity contribution in [1.82, 2.24) is 4.57 Å². The minimum Gasteiger partial charge on any atom is -0.504 e. The highest BCUT2D eigenvalue weighted by Gasteiger charge is 2.45. The fourth-order valence-corrected chi connectivity index (χ4v) is 3.87. The zero-order valence-electron chi connectivity index (χ0n) is 20.1. The van der Waals surface area contributed by atoms with Gasteiger partial charge in [-0.2, -0.15) is 0 Å². The van der Waals surface area contributed by atoms with Gasteiger partial charge in [0.05, 0.1) is 13.3 Å². The standard InChI is InChI=1S/C23H20ClNO11.CH4O/c1-9(27)11-4-3-10(24)5-12(11)13-6-16(28)25(7-14(13)36-2)15(8-26)23(34,35)17-18(29)20(31)22(33)21(32)19(17)30;1-2/h3-8,15,29-35H,1-2H3;2H,1H3. The summed E-state index contributed by atoms with van der Waals surface area (Å²) in [6.07, 6.45) is 0.775. The molecule has 0 bridgehead atoms. The summed E-state index contributed by atoms with van der Waals surface area (Å²) in [7, 11) is 2.19. The molecule has 0 aliphatic rings. The number of hydrogen-bond acceptors (Lipinski definition) is 12. The van der Waals surface area contributed by atoms with Crippen molar-refractivity contribution in [3.63, 3.8) is 0 Å². The Morgan fingerprint density at radius 1 is 0.974 bits per heavy atom. The average Bonchev–Trinajstić information content (AvgIpc) is 2.88. The second-order valence-corrected chi connectivity index (χ2v) is 8.11. The van der Waals surface area contributed by atoms with Crippen LogP contribution in [0.4, 0.5) is 0 Å². The number of halogens is 1. The predicted octanol–water partition coefficient (Wildman–Crippen LogP) is 1.09. The van der Waals surface area contributed by atoms with Gasteiger partial charge in [0.2, 0.25) is 23.0 Å². The summed E-state index contributed by atoms with van der Waals surface area (Å²) in [4.78, 5) is 37.1. The lowest BCUT2D eigenvalue weighted by atomic mass is 9.94. The van der Waals surface area contributed by atoms with E-state index in [2.05, 4.69) is 0 Å². The van der Waals surface area contributed by atoms with Crippen molar-refractivity contribution in [3.05, 3.63) is 57.0 Å². The molecule has 0 fully saturated rings. The number of pyridine rings is 1. The number of carbonyl (C=O) groups excluding carboxylic acids is 2. The quantitative estimate of drug-likeness (QED) is 0.0676. The van der Waals surface area contributed by atoms with Crippen molar-refractivity contribution >= 4 is 23.7 Å². The molecule has 0 spiro atoms. The van der Waals surface area contributed by atoms with Crippen LogP contribution in [0.25, 0.3) is 11.1 Å². The molecule has 1 heterocycles. The van der Waals surface area contributed by atoms with Crippen molar-refractivity contribution in [2.45, 2.75) is 18.8 Å². The molecule has 0 radical (unpaired) electrons. The first-order valence-electron chi connectivity index (χ1n) is 10.4. The molecule has 0 saturated carbocycles. The number of phenolic OH excluding ortho intramolecular Hbond substituents is 5. The summed E-state index contributed by atoms with van der Waals surface area (Å²) in [6, 6.07) is 2.92. The molecule has 1 atom stereocenters. The maximum absolute atomic E-state index is 13.0. The van der Waals surface area contributed by atoms with Crippen LogP contribution in [0.3, 0.4) is 0 Å². The van der Waals surface area contributed by atoms with E-state index < -0.39 is 51.7 Å². The van der Waals surface area contributed by atoms with Crippen LogP contribution in [0.2, 0.25) is 5.02 Å². The Morgan fingerprint density at radius 2 is 1.50 bits per heavy atom. The third-order valence-corrected chi connectivity index (χ3v) is 5.73. The summed E-state index contributed by atoms with van der Waals surface area (Å²) >= 11 is 6.05. The van der Waals surface area contributed by atoms with Crippen molar-refractivity contribution < 1.29 is 55.2 Å². The zero-order chi connectivity index (χ0) is 29.1. The molecule has 1 unspecified atom stereocenters. The molecular formula is C24H24ClNO12. The summed E-state index contributed by atoms with van der Waals surface area (Å²) in [5, 5.41) is 78.1. The van der Waals surface area contributed by atoms with E-state index in [1.165, 1.54) is 32.2 Å². The van der Waals surface area contributed by atoms with Gasteiger partial charge in [-0.25, -0.2) is 0 Å². The van der Waals surface area contributed by atoms with Crippen LogP contribution in [0, 0.1) is 0 Å². The Labute approximate surface area is 219 Å². The summed E-state index contributed by atoms with van der Waals surface area (Å²) in [5.74, 6) is -11.3. The number of aromatic nitrogens is 1. The zero-order valence-corrected chi connectivity index (χ0v) is 20.8. The molecule has 0 saturated heterocycles. The number of aliphatic hydroxyl groups is 3. The Kier molecular flexibility index (Phi) is 8.97. The van der Waals surface area contributed by atoms with Gasteiger partial charge in [-0.05, 0) is 30.7 Å². The van der Waals surface area contributed by atoms with Crippen molar-refractivity contribution in [2.24, 2.45) is 0 Å². The first-order valence-corrected chi connectivity index (χ1v) is 10.8. The first-order chi connectivity index (χ1) is 17.8. The predicted molar refractivity (Wildman–Crippen MR) is 132 cm³/mol. The normalized spacial score (nSPS) is 11.8. The molecule has 204 valence electrons. The van der Waals surface area contributed by atoms with E-state index in [-0.39, 0.29) is 39.5 Å². The van der Waals surface area contributed by atoms with Gasteiger partial charge >= 0.3 is 0 Å². The van der Waals surface area contributed by atoms with E-state index in [4.69, 9.17) is 21.4 Å². The number of nitrogens with zero attached hydrogens (tertiary/aromatic N) is 1. The largest absolute Gasteiger partial charge is 0.504 e. The Balaban J connectivity index is 0.00000247. The van der Waals surface area contributed by atoms with E-state index in [0.29, 0.717) is 4.57 Å². The van der Waals surface area contributed by atoms with Gasteiger partial charge in [-0.15, -0.1) is 0 Å². The minimum absolute atomic E-state index is 0.0724. The maximum atomic E-state index is 13.0. The van der Waals surface area contributed by atoms with Crippen LogP contribution in [0.1, 0.15) is 28.9 Å². The third-order valence-electron chi connectivity index (χ3n) is 5.49. The van der Waals surface area contributed by atoms with Gasteiger partial charge in [0, 0.05) is 29.3 Å². The van der Waals surface area contributed by atoms with Gasteiger partial charge in [0.15, 0.2) is 23.3 Å². The lowest BCUT2D eigenvalue weighted by Gasteiger charge is -2.31. The second-order valence-electron chi connectivity index (χ2n) is 7.67. The van der Waals surface area contributed by atoms with Crippen LogP contribution in [-0.4, -0.2) is 71.7 Å². The highest BCUT2D eigenvalue weighted by molar-refractivity contribution is 6.31. The lowest BCUT2D eigenvalue weighted by molar-refractivity contribution is -0.201. The van der Waals surface area contributed by atoms with Gasteiger partial charge in [-0.3, -0.25) is 14.2 Å². The molecule has 2 aromatic carbocycles. The molecule has 1 aromatic heterocycles. The summed E-state index contributed by atoms with van der Waals surface area (Å²) in [5.41, 5.74) is -1.94. The molecular weight excluding hydrogens is 530 g/mol. The molecule has 0 amide bonds. The SMILES string of the molecule is CO.COc1cn(C(C=O)C(O)(O)c2c(O)c(O)c(O)c(O)c2O)c(=O)cc1-c1cc(Cl)ccc1C(C)=O. The number of aromatic hydroxyl groups is 5. The fourth-order valence-electron chi connectivity index (χ4n) is 3.70. The van der Waals surface area contributed by atoms with Gasteiger partial charge < -0.3 is 50.4 Å². The van der Waals surface area contributed by atoms with Crippen molar-refractivity contribution in [3.8, 4) is 45.6 Å². The molecule has 38 heavy (non-hydrogen) atoms. The molecule has 0 aliphatic heterocycles. The Hall–Kier alpha value is -4.30. The highest BCUT2D eigenvalue weighted by atomic mass is 35.5. The van der Waals surface area contributed by atoms with Gasteiger partial charge in [-0.1, -0.05) is 11.6 Å². The molecule has 0 aliphatic carbocycles. The Morgan fingerprint density at radius 3 is 1.97 bits per heavy atom. The van der Waals surface area contributed by atoms with E-state index in [1.807, 2.05) is 0 Å². The number of aldehydes is 1. The van der Waals surface area contributed by atoms with E-state index in [1.54, 1.807) is 0 Å². The molecule has 14 heteroatoms. The number of hydrogen-bond donors (Lipinski definition) is 8. The first kappa shape index (κ1) is 29.9. The Bertz CT molecular complexity index is 1420. The molecule has 8 N–H and O–H groups in total. The lowest BCUT2D eigenvalue weighted by Crippen LogP contribution is -2.42. The number of phenols is 5. The van der Waals surface area contributed by atoms with E-state index in [9.17, 15) is 50.1 Å². The molecule has 3 aromatic rings. The van der Waals surface area contributed by atoms with Crippen LogP contribution < -0.4 is 10.3 Å². The van der Waals surface area contributed by atoms with Crippen LogP contribution >= 0.6 is 11.6 Å². The second kappa shape index (κ2) is 11.4. The number of ether oxygens (including phenoxy) is 1. The number of methoxy groups -OCH3 is 1. The number of Topliss-reactive ketones (excluding diaryl/α,β-unsaturated/α-hetero) is 1. The number of benzene rings is 2. The molecule has 3 rings (SSSR count). The molecule has 13 nitrogen and oxygen atoms in total. The van der Waals surface area contributed by atoms with Gasteiger partial charge in [0.25, 0.3) is 5.56 Å². The van der Waals surface area contributed by atoms with E-state index >= 15 is 0 Å². The summed E-state index contributed by atoms with van der Waals surface area (Å²) < 4.78 is 5.76. The fraction of sp³-hybridized carbons (Fsp3) is 0.208. The van der Waals surface area contributed by atoms with Crippen LogP contribution in [-0.2, 0) is 10.6 Å². The van der Waals surface area contributed by atoms with Crippen molar-refractivity contribution in [2.75, 3.05) is 14.2 Å². The minimum atomic E-state index is -3.63. The van der Waals surface area contributed by atoms with Crippen molar-refractivity contribution in [1.29, 1.82) is 0 Å². The number of ketones is 1. The topological polar surface area (TPSA) is 227 Å². The highest BCUT2D eigenvalue weighted by Crippen LogP contribution is 2.55. The summed E-state index contributed by atoms with van der Waals surface area (Å²) in [6.45, 7) is 1.29. The average molecular weight is 554 g/mol. The van der Waals surface area contributed by atoms with Gasteiger partial charge in [0.1, 0.15) is 17.6 Å². The number of carbonyl (C=O) groups is 2. The maximum Gasteiger partial charge on any atom is 0.252 e. The monoisotopic (exact) mass is 553 g/mol. The third kappa shape index (κ3) is 5.08.